The van der Waals surface area contributed by atoms with Crippen LogP contribution in [0.3, 0.4) is 0 Å². The molecule has 4 rings (SSSR count). The molecule has 1 aromatic carbocycles. The van der Waals surface area contributed by atoms with Crippen molar-refractivity contribution in [3.8, 4) is 11.5 Å². The Hall–Kier alpha value is -1.72. The van der Waals surface area contributed by atoms with Gasteiger partial charge >= 0.3 is 0 Å². The van der Waals surface area contributed by atoms with Gasteiger partial charge in [-0.15, -0.1) is 0 Å². The summed E-state index contributed by atoms with van der Waals surface area (Å²) in [5.74, 6) is 1.51. The molecule has 0 N–H and O–H groups in total. The molecule has 0 radical (unpaired) electrons. The van der Waals surface area contributed by atoms with Gasteiger partial charge in [0.05, 0.1) is 5.69 Å². The van der Waals surface area contributed by atoms with Crippen LogP contribution in [-0.4, -0.2) is 27.1 Å². The fourth-order valence-corrected chi connectivity index (χ4v) is 3.50. The number of benzene rings is 1. The van der Waals surface area contributed by atoms with Crippen LogP contribution in [0.15, 0.2) is 35.8 Å². The third-order valence-corrected chi connectivity index (χ3v) is 4.66. The summed E-state index contributed by atoms with van der Waals surface area (Å²) in [5, 5.41) is 1.26. The first kappa shape index (κ1) is 13.0. The van der Waals surface area contributed by atoms with E-state index in [2.05, 4.69) is 44.3 Å². The predicted octanol–water partition coefficient (Wildman–Crippen LogP) is 3.59. The number of rotatable bonds is 3. The molecule has 0 bridgehead atoms. The molecule has 0 saturated carbocycles. The summed E-state index contributed by atoms with van der Waals surface area (Å²) >= 11 is 1.40. The summed E-state index contributed by atoms with van der Waals surface area (Å²) in [6.45, 7) is 2.79. The average molecular weight is 299 g/mol. The maximum Gasteiger partial charge on any atom is 0.189 e. The van der Waals surface area contributed by atoms with Gasteiger partial charge in [0.2, 0.25) is 0 Å². The van der Waals surface area contributed by atoms with Crippen molar-refractivity contribution in [2.45, 2.75) is 19.4 Å². The maximum atomic E-state index is 5.48. The quantitative estimate of drug-likeness (QED) is 0.742. The topological polar surface area (TPSA) is 39.9 Å². The van der Waals surface area contributed by atoms with Crippen molar-refractivity contribution < 1.29 is 4.74 Å². The van der Waals surface area contributed by atoms with Gasteiger partial charge in [-0.05, 0) is 42.4 Å². The minimum Gasteiger partial charge on any atom is -0.381 e. The summed E-state index contributed by atoms with van der Waals surface area (Å²) in [5.41, 5.74) is 4.20. The van der Waals surface area contributed by atoms with Crippen LogP contribution in [0.2, 0.25) is 0 Å². The summed E-state index contributed by atoms with van der Waals surface area (Å²) in [6, 6.07) is 10.7. The molecule has 1 fully saturated rings. The van der Waals surface area contributed by atoms with Crippen molar-refractivity contribution in [2.24, 2.45) is 5.92 Å². The molecule has 1 saturated heterocycles. The van der Waals surface area contributed by atoms with Crippen molar-refractivity contribution in [3.63, 3.8) is 0 Å². The fourth-order valence-electron chi connectivity index (χ4n) is 3.06. The van der Waals surface area contributed by atoms with E-state index in [1.807, 2.05) is 0 Å². The van der Waals surface area contributed by atoms with E-state index in [9.17, 15) is 0 Å². The second kappa shape index (κ2) is 5.58. The van der Waals surface area contributed by atoms with E-state index < -0.39 is 0 Å². The minimum atomic E-state index is 0.673. The molecule has 0 unspecified atom stereocenters. The monoisotopic (exact) mass is 299 g/mol. The molecule has 108 valence electrons. The lowest BCUT2D eigenvalue weighted by Crippen LogP contribution is -2.20. The lowest BCUT2D eigenvalue weighted by Gasteiger charge is -2.23. The van der Waals surface area contributed by atoms with Gasteiger partial charge in [0.1, 0.15) is 5.51 Å². The van der Waals surface area contributed by atoms with E-state index in [-0.39, 0.29) is 0 Å². The zero-order valence-corrected chi connectivity index (χ0v) is 12.6. The Kier molecular flexibility index (Phi) is 3.45. The molecule has 0 aliphatic carbocycles. The highest BCUT2D eigenvalue weighted by atomic mass is 32.1. The van der Waals surface area contributed by atoms with Gasteiger partial charge in [-0.25, -0.2) is 4.98 Å². The van der Waals surface area contributed by atoms with Gasteiger partial charge < -0.3 is 9.30 Å². The van der Waals surface area contributed by atoms with Crippen LogP contribution < -0.4 is 0 Å². The van der Waals surface area contributed by atoms with Crippen LogP contribution in [0, 0.1) is 5.92 Å². The highest BCUT2D eigenvalue weighted by Gasteiger charge is 2.19. The van der Waals surface area contributed by atoms with E-state index in [0.29, 0.717) is 5.92 Å². The SMILES string of the molecule is c1ccc2c(c1)cc(-c1ncsn1)n2CC1CCOCC1. The molecule has 3 heterocycles. The standard InChI is InChI=1S/C16H17N3OS/c1-2-4-14-13(3-1)9-15(16-17-11-21-18-16)19(14)10-12-5-7-20-8-6-12/h1-4,9,11-12H,5-8,10H2. The van der Waals surface area contributed by atoms with E-state index in [1.165, 1.54) is 22.4 Å². The zero-order valence-electron chi connectivity index (χ0n) is 11.7. The van der Waals surface area contributed by atoms with Gasteiger partial charge in [-0.1, -0.05) is 18.2 Å². The number of hydrogen-bond acceptors (Lipinski definition) is 4. The third kappa shape index (κ3) is 2.47. The van der Waals surface area contributed by atoms with Crippen LogP contribution in [0.25, 0.3) is 22.4 Å². The lowest BCUT2D eigenvalue weighted by molar-refractivity contribution is 0.0617. The highest BCUT2D eigenvalue weighted by Crippen LogP contribution is 2.29. The smallest absolute Gasteiger partial charge is 0.189 e. The number of para-hydroxylation sites is 1. The number of ether oxygens (including phenoxy) is 1. The Balaban J connectivity index is 1.78. The van der Waals surface area contributed by atoms with Crippen molar-refractivity contribution in [3.05, 3.63) is 35.8 Å². The predicted molar refractivity (Wildman–Crippen MR) is 84.4 cm³/mol. The Morgan fingerprint density at radius 2 is 2.10 bits per heavy atom. The van der Waals surface area contributed by atoms with E-state index in [4.69, 9.17) is 4.74 Å². The number of hydrogen-bond donors (Lipinski definition) is 0. The van der Waals surface area contributed by atoms with Crippen molar-refractivity contribution >= 4 is 22.4 Å². The van der Waals surface area contributed by atoms with Crippen LogP contribution in [-0.2, 0) is 11.3 Å². The molecule has 5 heteroatoms. The van der Waals surface area contributed by atoms with Crippen LogP contribution in [0.4, 0.5) is 0 Å². The second-order valence-electron chi connectivity index (χ2n) is 5.51. The van der Waals surface area contributed by atoms with E-state index >= 15 is 0 Å². The van der Waals surface area contributed by atoms with Crippen LogP contribution in [0.1, 0.15) is 12.8 Å². The molecule has 0 atom stereocenters. The largest absolute Gasteiger partial charge is 0.381 e. The van der Waals surface area contributed by atoms with E-state index in [1.54, 1.807) is 5.51 Å². The molecule has 4 nitrogen and oxygen atoms in total. The summed E-state index contributed by atoms with van der Waals surface area (Å²) in [7, 11) is 0. The van der Waals surface area contributed by atoms with Crippen molar-refractivity contribution in [1.29, 1.82) is 0 Å². The molecule has 1 aliphatic rings. The number of fused-ring (bicyclic) bond motifs is 1. The first-order valence-electron chi connectivity index (χ1n) is 7.34. The first-order chi connectivity index (χ1) is 10.4. The molecule has 2 aromatic heterocycles. The molecular formula is C16H17N3OS. The van der Waals surface area contributed by atoms with Gasteiger partial charge in [-0.3, -0.25) is 0 Å². The van der Waals surface area contributed by atoms with E-state index in [0.717, 1.165) is 44.1 Å². The van der Waals surface area contributed by atoms with Gasteiger partial charge in [0.25, 0.3) is 0 Å². The Morgan fingerprint density at radius 1 is 1.24 bits per heavy atom. The summed E-state index contributed by atoms with van der Waals surface area (Å²) in [6.07, 6.45) is 2.27. The number of aromatic nitrogens is 3. The Morgan fingerprint density at radius 3 is 2.90 bits per heavy atom. The Bertz CT molecular complexity index is 729. The van der Waals surface area contributed by atoms with Crippen LogP contribution in [0.5, 0.6) is 0 Å². The summed E-state index contributed by atoms with van der Waals surface area (Å²) in [4.78, 5) is 4.40. The lowest BCUT2D eigenvalue weighted by atomic mass is 10.0. The molecule has 1 aliphatic heterocycles. The maximum absolute atomic E-state index is 5.48. The molecule has 0 spiro atoms. The van der Waals surface area contributed by atoms with Gasteiger partial charge in [0.15, 0.2) is 5.82 Å². The average Bonchev–Trinajstić information content (AvgIpc) is 3.16. The normalized spacial score (nSPS) is 16.6. The van der Waals surface area contributed by atoms with Crippen LogP contribution >= 0.6 is 11.5 Å². The van der Waals surface area contributed by atoms with Crippen molar-refractivity contribution in [1.82, 2.24) is 13.9 Å². The van der Waals surface area contributed by atoms with Gasteiger partial charge in [0, 0.05) is 30.7 Å². The molecule has 21 heavy (non-hydrogen) atoms. The minimum absolute atomic E-state index is 0.673. The third-order valence-electron chi connectivity index (χ3n) is 4.18. The highest BCUT2D eigenvalue weighted by molar-refractivity contribution is 7.03. The zero-order chi connectivity index (χ0) is 14.1. The fraction of sp³-hybridized carbons (Fsp3) is 0.375. The van der Waals surface area contributed by atoms with Crippen molar-refractivity contribution in [2.75, 3.05) is 13.2 Å². The summed E-state index contributed by atoms with van der Waals surface area (Å²) < 4.78 is 12.3. The Labute approximate surface area is 127 Å². The molecule has 3 aromatic rings. The molecular weight excluding hydrogens is 282 g/mol. The molecule has 0 amide bonds. The van der Waals surface area contributed by atoms with Gasteiger partial charge in [-0.2, -0.15) is 4.37 Å². The number of nitrogens with zero attached hydrogens (tertiary/aromatic N) is 3. The second-order valence-corrected chi connectivity index (χ2v) is 6.11. The first-order valence-corrected chi connectivity index (χ1v) is 8.18.